The predicted molar refractivity (Wildman–Crippen MR) is 105 cm³/mol. The van der Waals surface area contributed by atoms with Gasteiger partial charge in [0.05, 0.1) is 11.5 Å². The molecule has 25 heavy (non-hydrogen) atoms. The lowest BCUT2D eigenvalue weighted by Gasteiger charge is -2.08. The van der Waals surface area contributed by atoms with Crippen molar-refractivity contribution in [1.29, 1.82) is 0 Å². The topological polar surface area (TPSA) is 53.8 Å². The molecule has 0 spiro atoms. The highest BCUT2D eigenvalue weighted by molar-refractivity contribution is 8.15. The maximum atomic E-state index is 12.1. The first kappa shape index (κ1) is 17.4. The number of amides is 1. The molecule has 0 unspecified atom stereocenters. The van der Waals surface area contributed by atoms with E-state index in [1.54, 1.807) is 6.21 Å². The van der Waals surface area contributed by atoms with Crippen LogP contribution >= 0.6 is 11.8 Å². The predicted octanol–water partition coefficient (Wildman–Crippen LogP) is 3.97. The van der Waals surface area contributed by atoms with E-state index in [-0.39, 0.29) is 11.2 Å². The molecule has 1 fully saturated rings. The summed E-state index contributed by atoms with van der Waals surface area (Å²) in [6.07, 6.45) is 2.37. The van der Waals surface area contributed by atoms with Crippen LogP contribution < -0.4 is 5.32 Å². The summed E-state index contributed by atoms with van der Waals surface area (Å²) in [4.78, 5) is 12.1. The van der Waals surface area contributed by atoms with Crippen molar-refractivity contribution in [2.24, 2.45) is 10.2 Å². The highest BCUT2D eigenvalue weighted by Crippen LogP contribution is 2.24. The summed E-state index contributed by atoms with van der Waals surface area (Å²) >= 11 is 1.43. The number of rotatable bonds is 5. The minimum atomic E-state index is -0.157. The first-order valence-corrected chi connectivity index (χ1v) is 9.22. The maximum absolute atomic E-state index is 12.1. The van der Waals surface area contributed by atoms with Gasteiger partial charge < -0.3 is 5.32 Å². The van der Waals surface area contributed by atoms with Crippen molar-refractivity contribution in [3.05, 3.63) is 71.3 Å². The van der Waals surface area contributed by atoms with E-state index in [1.165, 1.54) is 17.3 Å². The van der Waals surface area contributed by atoms with Gasteiger partial charge in [0.25, 0.3) is 0 Å². The van der Waals surface area contributed by atoms with Crippen LogP contribution in [-0.2, 0) is 11.2 Å². The number of benzene rings is 2. The Morgan fingerprint density at radius 2 is 1.84 bits per heavy atom. The Bertz CT molecular complexity index is 782. The van der Waals surface area contributed by atoms with Crippen LogP contribution in [0.2, 0.25) is 0 Å². The molecule has 4 nitrogen and oxygen atoms in total. The number of nitrogens with one attached hydrogen (secondary N) is 1. The Morgan fingerprint density at radius 1 is 1.12 bits per heavy atom. The van der Waals surface area contributed by atoms with Gasteiger partial charge in [0, 0.05) is 0 Å². The van der Waals surface area contributed by atoms with E-state index in [4.69, 9.17) is 0 Å². The van der Waals surface area contributed by atoms with E-state index in [0.29, 0.717) is 17.5 Å². The smallest absolute Gasteiger partial charge is 0.239 e. The minimum Gasteiger partial charge on any atom is -0.303 e. The molecule has 1 saturated heterocycles. The number of carbonyl (C=O) groups excluding carboxylic acids is 1. The van der Waals surface area contributed by atoms with Crippen molar-refractivity contribution in [3.63, 3.8) is 0 Å². The van der Waals surface area contributed by atoms with Crippen LogP contribution in [0, 0.1) is 0 Å². The lowest BCUT2D eigenvalue weighted by atomic mass is 10.0. The number of hydrogen-bond donors (Lipinski definition) is 1. The molecule has 1 N–H and O–H groups in total. The van der Waals surface area contributed by atoms with E-state index in [9.17, 15) is 4.79 Å². The molecule has 2 aromatic carbocycles. The summed E-state index contributed by atoms with van der Waals surface area (Å²) in [5.41, 5.74) is 3.44. The van der Waals surface area contributed by atoms with E-state index in [1.807, 2.05) is 30.3 Å². The highest BCUT2D eigenvalue weighted by atomic mass is 32.2. The van der Waals surface area contributed by atoms with Gasteiger partial charge in [-0.25, -0.2) is 0 Å². The summed E-state index contributed by atoms with van der Waals surface area (Å²) in [7, 11) is 0. The number of nitrogens with zero attached hydrogens (tertiary/aromatic N) is 2. The van der Waals surface area contributed by atoms with Gasteiger partial charge >= 0.3 is 0 Å². The van der Waals surface area contributed by atoms with Crippen molar-refractivity contribution in [2.75, 3.05) is 0 Å². The van der Waals surface area contributed by atoms with Crippen molar-refractivity contribution < 1.29 is 4.79 Å². The van der Waals surface area contributed by atoms with E-state index < -0.39 is 0 Å². The van der Waals surface area contributed by atoms with Crippen molar-refractivity contribution in [2.45, 2.75) is 31.4 Å². The minimum absolute atomic E-state index is 0.00778. The fraction of sp³-hybridized carbons (Fsp3) is 0.250. The zero-order chi connectivity index (χ0) is 17.6. The number of hydrogen-bond acceptors (Lipinski definition) is 4. The van der Waals surface area contributed by atoms with Gasteiger partial charge in [-0.05, 0) is 29.0 Å². The Balaban J connectivity index is 1.60. The van der Waals surface area contributed by atoms with Crippen LogP contribution in [0.3, 0.4) is 0 Å². The van der Waals surface area contributed by atoms with Crippen LogP contribution in [0.25, 0.3) is 0 Å². The van der Waals surface area contributed by atoms with Crippen LogP contribution in [0.5, 0.6) is 0 Å². The van der Waals surface area contributed by atoms with E-state index in [0.717, 1.165) is 11.1 Å². The lowest BCUT2D eigenvalue weighted by Crippen LogP contribution is -2.25. The molecular formula is C20H21N3OS. The fourth-order valence-corrected chi connectivity index (χ4v) is 3.49. The molecule has 0 radical (unpaired) electrons. The third kappa shape index (κ3) is 4.79. The molecule has 1 atom stereocenters. The van der Waals surface area contributed by atoms with E-state index >= 15 is 0 Å². The largest absolute Gasteiger partial charge is 0.303 e. The lowest BCUT2D eigenvalue weighted by molar-refractivity contribution is -0.118. The molecule has 1 aliphatic heterocycles. The third-order valence-electron chi connectivity index (χ3n) is 4.00. The molecule has 2 aromatic rings. The van der Waals surface area contributed by atoms with Gasteiger partial charge in [-0.15, -0.1) is 5.10 Å². The first-order chi connectivity index (χ1) is 12.1. The summed E-state index contributed by atoms with van der Waals surface area (Å²) < 4.78 is 0. The molecule has 0 bridgehead atoms. The zero-order valence-electron chi connectivity index (χ0n) is 14.3. The number of amidine groups is 1. The second-order valence-corrected chi connectivity index (χ2v) is 7.45. The molecule has 5 heteroatoms. The Hall–Kier alpha value is -2.40. The van der Waals surface area contributed by atoms with Gasteiger partial charge in [0.1, 0.15) is 0 Å². The second-order valence-electron chi connectivity index (χ2n) is 6.26. The Morgan fingerprint density at radius 3 is 2.52 bits per heavy atom. The molecule has 1 heterocycles. The molecular weight excluding hydrogens is 330 g/mol. The van der Waals surface area contributed by atoms with Crippen molar-refractivity contribution in [3.8, 4) is 0 Å². The Labute approximate surface area is 152 Å². The van der Waals surface area contributed by atoms with Gasteiger partial charge in [-0.3, -0.25) is 4.79 Å². The van der Waals surface area contributed by atoms with Gasteiger partial charge in [-0.2, -0.15) is 5.10 Å². The normalized spacial score (nSPS) is 19.1. The van der Waals surface area contributed by atoms with Crippen LogP contribution in [0.4, 0.5) is 0 Å². The van der Waals surface area contributed by atoms with Crippen LogP contribution in [0.15, 0.2) is 64.8 Å². The highest BCUT2D eigenvalue weighted by Gasteiger charge is 2.30. The summed E-state index contributed by atoms with van der Waals surface area (Å²) in [6, 6.07) is 18.2. The van der Waals surface area contributed by atoms with Crippen LogP contribution in [0.1, 0.15) is 36.5 Å². The number of carbonyl (C=O) groups is 1. The zero-order valence-corrected chi connectivity index (χ0v) is 15.2. The van der Waals surface area contributed by atoms with Crippen LogP contribution in [-0.4, -0.2) is 22.5 Å². The van der Waals surface area contributed by atoms with Crippen molar-refractivity contribution >= 4 is 29.1 Å². The molecule has 1 amide bonds. The molecule has 0 aromatic heterocycles. The average molecular weight is 351 g/mol. The maximum Gasteiger partial charge on any atom is 0.239 e. The third-order valence-corrected chi connectivity index (χ3v) is 5.07. The van der Waals surface area contributed by atoms with Gasteiger partial charge in [0.2, 0.25) is 5.91 Å². The fourth-order valence-electron chi connectivity index (χ4n) is 2.53. The SMILES string of the molecule is CC(C)c1ccc(C[C@@H]2S/C(=N/N=C\c3ccccc3)NC2=O)cc1. The summed E-state index contributed by atoms with van der Waals surface area (Å²) in [5, 5.41) is 11.4. The summed E-state index contributed by atoms with van der Waals surface area (Å²) in [5.74, 6) is 0.506. The van der Waals surface area contributed by atoms with Gasteiger partial charge in [-0.1, -0.05) is 80.2 Å². The standard InChI is InChI=1S/C20H21N3OS/c1-14(2)17-10-8-15(9-11-17)12-18-19(24)22-20(25-18)23-21-13-16-6-4-3-5-7-16/h3-11,13-14,18H,12H2,1-2H3,(H,22,23,24)/b21-13-/t18-/m0/s1. The quantitative estimate of drug-likeness (QED) is 0.654. The van der Waals surface area contributed by atoms with Gasteiger partial charge in [0.15, 0.2) is 5.17 Å². The molecule has 1 aliphatic rings. The average Bonchev–Trinajstić information content (AvgIpc) is 2.96. The molecule has 0 saturated carbocycles. The molecule has 0 aliphatic carbocycles. The van der Waals surface area contributed by atoms with Crippen molar-refractivity contribution in [1.82, 2.24) is 5.32 Å². The summed E-state index contributed by atoms with van der Waals surface area (Å²) in [6.45, 7) is 4.35. The number of thioether (sulfide) groups is 1. The monoisotopic (exact) mass is 351 g/mol. The van der Waals surface area contributed by atoms with E-state index in [2.05, 4.69) is 53.6 Å². The molecule has 3 rings (SSSR count). The molecule has 128 valence electrons. The first-order valence-electron chi connectivity index (χ1n) is 8.34. The Kier molecular flexibility index (Phi) is 5.66. The second kappa shape index (κ2) is 8.12.